The van der Waals surface area contributed by atoms with E-state index in [1.807, 2.05) is 27.7 Å². The zero-order valence-electron chi connectivity index (χ0n) is 15.3. The number of carbonyl (C=O) groups excluding carboxylic acids is 2. The minimum absolute atomic E-state index is 0.0125. The summed E-state index contributed by atoms with van der Waals surface area (Å²) in [5.41, 5.74) is 0.651. The van der Waals surface area contributed by atoms with Gasteiger partial charge in [-0.05, 0) is 19.8 Å². The number of amides is 3. The first kappa shape index (κ1) is 18.0. The van der Waals surface area contributed by atoms with Gasteiger partial charge in [0.05, 0.1) is 12.2 Å². The summed E-state index contributed by atoms with van der Waals surface area (Å²) in [6, 6.07) is -0.951. The number of nitrogens with one attached hydrogen (secondary N) is 1. The number of rotatable bonds is 7. The zero-order chi connectivity index (χ0) is 18.8. The van der Waals surface area contributed by atoms with Gasteiger partial charge in [0.15, 0.2) is 5.82 Å². The monoisotopic (exact) mass is 361 g/mol. The van der Waals surface area contributed by atoms with E-state index in [2.05, 4.69) is 25.8 Å². The van der Waals surface area contributed by atoms with E-state index in [1.165, 1.54) is 0 Å². The first-order valence-electron chi connectivity index (χ1n) is 8.67. The van der Waals surface area contributed by atoms with Crippen molar-refractivity contribution in [3.8, 4) is 0 Å². The number of aromatic nitrogens is 5. The van der Waals surface area contributed by atoms with E-state index in [4.69, 9.17) is 4.52 Å². The van der Waals surface area contributed by atoms with Crippen molar-refractivity contribution >= 4 is 11.9 Å². The van der Waals surface area contributed by atoms with Crippen LogP contribution in [0.3, 0.4) is 0 Å². The second kappa shape index (κ2) is 7.22. The average molecular weight is 361 g/mol. The largest absolute Gasteiger partial charge is 0.339 e. The van der Waals surface area contributed by atoms with Crippen molar-refractivity contribution in [2.45, 2.75) is 59.2 Å². The Bertz CT molecular complexity index is 795. The maximum atomic E-state index is 12.6. The summed E-state index contributed by atoms with van der Waals surface area (Å²) in [7, 11) is 0. The van der Waals surface area contributed by atoms with E-state index in [-0.39, 0.29) is 18.5 Å². The highest BCUT2D eigenvalue weighted by Crippen LogP contribution is 2.15. The molecule has 0 unspecified atom stereocenters. The molecule has 26 heavy (non-hydrogen) atoms. The lowest BCUT2D eigenvalue weighted by atomic mass is 10.1. The third-order valence-corrected chi connectivity index (χ3v) is 4.00. The minimum atomic E-state index is -0.665. The number of imide groups is 1. The van der Waals surface area contributed by atoms with Crippen LogP contribution in [0, 0.1) is 5.92 Å². The smallest absolute Gasteiger partial charge is 0.325 e. The predicted molar refractivity (Wildman–Crippen MR) is 89.8 cm³/mol. The number of hydrogen-bond acceptors (Lipinski definition) is 7. The highest BCUT2D eigenvalue weighted by atomic mass is 16.5. The van der Waals surface area contributed by atoms with Gasteiger partial charge >= 0.3 is 6.03 Å². The topological polar surface area (TPSA) is 119 Å². The van der Waals surface area contributed by atoms with E-state index in [0.717, 1.165) is 4.90 Å². The SMILES string of the molecule is CC(C)Cc1nc(CN2C(=O)N[C@@H](Cc3cn(C(C)C)nn3)C2=O)no1. The van der Waals surface area contributed by atoms with Gasteiger partial charge < -0.3 is 9.84 Å². The fraction of sp³-hybridized carbons (Fsp3) is 0.625. The van der Waals surface area contributed by atoms with E-state index >= 15 is 0 Å². The van der Waals surface area contributed by atoms with Crippen LogP contribution >= 0.6 is 0 Å². The van der Waals surface area contributed by atoms with Crippen molar-refractivity contribution < 1.29 is 14.1 Å². The molecule has 0 bridgehead atoms. The van der Waals surface area contributed by atoms with Crippen molar-refractivity contribution in [2.75, 3.05) is 0 Å². The first-order chi connectivity index (χ1) is 12.3. The summed E-state index contributed by atoms with van der Waals surface area (Å²) in [4.78, 5) is 30.0. The first-order valence-corrected chi connectivity index (χ1v) is 8.67. The van der Waals surface area contributed by atoms with E-state index in [0.29, 0.717) is 36.2 Å². The van der Waals surface area contributed by atoms with Crippen LogP contribution in [0.1, 0.15) is 51.1 Å². The molecule has 1 atom stereocenters. The highest BCUT2D eigenvalue weighted by molar-refractivity contribution is 6.04. The summed E-state index contributed by atoms with van der Waals surface area (Å²) >= 11 is 0. The molecule has 1 aliphatic heterocycles. The Kier molecular flexibility index (Phi) is 5.01. The Morgan fingerprint density at radius 1 is 1.27 bits per heavy atom. The van der Waals surface area contributed by atoms with Crippen molar-refractivity contribution in [2.24, 2.45) is 5.92 Å². The number of nitrogens with zero attached hydrogens (tertiary/aromatic N) is 6. The van der Waals surface area contributed by atoms with E-state index in [1.54, 1.807) is 10.9 Å². The molecule has 2 aromatic heterocycles. The van der Waals surface area contributed by atoms with E-state index in [9.17, 15) is 9.59 Å². The molecule has 0 aromatic carbocycles. The van der Waals surface area contributed by atoms with Gasteiger partial charge in [0.2, 0.25) is 5.89 Å². The van der Waals surface area contributed by atoms with Crippen LogP contribution in [0.25, 0.3) is 0 Å². The minimum Gasteiger partial charge on any atom is -0.339 e. The van der Waals surface area contributed by atoms with Crippen LogP contribution < -0.4 is 5.32 Å². The second-order valence-electron chi connectivity index (χ2n) is 7.12. The van der Waals surface area contributed by atoms with Gasteiger partial charge in [0, 0.05) is 25.1 Å². The van der Waals surface area contributed by atoms with Crippen LogP contribution in [0.4, 0.5) is 4.79 Å². The maximum Gasteiger partial charge on any atom is 0.325 e. The van der Waals surface area contributed by atoms with Crippen LogP contribution in [0.15, 0.2) is 10.7 Å². The van der Waals surface area contributed by atoms with Gasteiger partial charge in [-0.1, -0.05) is 24.2 Å². The Balaban J connectivity index is 1.63. The Morgan fingerprint density at radius 2 is 2.04 bits per heavy atom. The third-order valence-electron chi connectivity index (χ3n) is 4.00. The van der Waals surface area contributed by atoms with E-state index < -0.39 is 12.1 Å². The summed E-state index contributed by atoms with van der Waals surface area (Å²) in [5.74, 6) is 0.868. The number of carbonyl (C=O) groups is 2. The maximum absolute atomic E-state index is 12.6. The molecule has 10 heteroatoms. The second-order valence-corrected chi connectivity index (χ2v) is 7.12. The zero-order valence-corrected chi connectivity index (χ0v) is 15.3. The quantitative estimate of drug-likeness (QED) is 0.733. The van der Waals surface area contributed by atoms with Crippen LogP contribution in [-0.4, -0.2) is 48.0 Å². The third kappa shape index (κ3) is 3.89. The molecule has 0 saturated carbocycles. The molecule has 2 aromatic rings. The fourth-order valence-electron chi connectivity index (χ4n) is 2.66. The normalized spacial score (nSPS) is 17.6. The Morgan fingerprint density at radius 3 is 2.69 bits per heavy atom. The molecule has 0 aliphatic carbocycles. The molecule has 1 N–H and O–H groups in total. The lowest BCUT2D eigenvalue weighted by molar-refractivity contribution is -0.127. The molecule has 3 amide bonds. The molecule has 10 nitrogen and oxygen atoms in total. The lowest BCUT2D eigenvalue weighted by Gasteiger charge is -2.09. The number of urea groups is 1. The molecule has 140 valence electrons. The van der Waals surface area contributed by atoms with Gasteiger partial charge in [0.25, 0.3) is 5.91 Å². The van der Waals surface area contributed by atoms with Crippen LogP contribution in [-0.2, 0) is 24.2 Å². The average Bonchev–Trinajstić information content (AvgIpc) is 3.25. The van der Waals surface area contributed by atoms with Crippen LogP contribution in [0.2, 0.25) is 0 Å². The van der Waals surface area contributed by atoms with Crippen molar-refractivity contribution in [3.63, 3.8) is 0 Å². The highest BCUT2D eigenvalue weighted by Gasteiger charge is 2.39. The van der Waals surface area contributed by atoms with Crippen molar-refractivity contribution in [1.29, 1.82) is 0 Å². The lowest BCUT2D eigenvalue weighted by Crippen LogP contribution is -2.32. The Hall–Kier alpha value is -2.78. The van der Waals surface area contributed by atoms with Crippen molar-refractivity contribution in [1.82, 2.24) is 35.4 Å². The molecule has 1 aliphatic rings. The molecule has 1 saturated heterocycles. The molecular formula is C16H23N7O3. The molecule has 0 radical (unpaired) electrons. The summed E-state index contributed by atoms with van der Waals surface area (Å²) in [5, 5.41) is 14.6. The van der Waals surface area contributed by atoms with Gasteiger partial charge in [-0.2, -0.15) is 4.98 Å². The molecule has 3 heterocycles. The predicted octanol–water partition coefficient (Wildman–Crippen LogP) is 1.10. The standard InChI is InChI=1S/C16H23N7O3/c1-9(2)5-14-18-13(20-26-14)8-22-15(24)12(17-16(22)25)6-11-7-23(10(3)4)21-19-11/h7,9-10,12H,5-6,8H2,1-4H3,(H,17,25)/t12-/m0/s1. The number of hydrogen-bond donors (Lipinski definition) is 1. The molecular weight excluding hydrogens is 338 g/mol. The summed E-state index contributed by atoms with van der Waals surface area (Å²) in [6.45, 7) is 8.05. The summed E-state index contributed by atoms with van der Waals surface area (Å²) < 4.78 is 6.86. The molecule has 0 spiro atoms. The van der Waals surface area contributed by atoms with Gasteiger partial charge in [0.1, 0.15) is 6.04 Å². The van der Waals surface area contributed by atoms with Gasteiger partial charge in [-0.15, -0.1) is 5.10 Å². The van der Waals surface area contributed by atoms with Crippen LogP contribution in [0.5, 0.6) is 0 Å². The van der Waals surface area contributed by atoms with Gasteiger partial charge in [-0.25, -0.2) is 9.48 Å². The fourth-order valence-corrected chi connectivity index (χ4v) is 2.66. The molecule has 1 fully saturated rings. The summed E-state index contributed by atoms with van der Waals surface area (Å²) in [6.07, 6.45) is 2.73. The van der Waals surface area contributed by atoms with Gasteiger partial charge in [-0.3, -0.25) is 9.69 Å². The molecule has 3 rings (SSSR count). The van der Waals surface area contributed by atoms with Crippen molar-refractivity contribution in [3.05, 3.63) is 23.6 Å². The Labute approximate surface area is 150 Å².